The number of hydrogen-bond donors (Lipinski definition) is 1. The van der Waals surface area contributed by atoms with Crippen LogP contribution in [0.2, 0.25) is 0 Å². The highest BCUT2D eigenvalue weighted by atomic mass is 32.1. The molecule has 0 bridgehead atoms. The molecule has 1 aliphatic rings. The molecule has 2 heterocycles. The van der Waals surface area contributed by atoms with Gasteiger partial charge in [0.15, 0.2) is 0 Å². The number of rotatable bonds is 3. The van der Waals surface area contributed by atoms with Crippen LogP contribution in [0, 0.1) is 5.92 Å². The summed E-state index contributed by atoms with van der Waals surface area (Å²) in [7, 11) is 0. The van der Waals surface area contributed by atoms with Crippen LogP contribution in [0.4, 0.5) is 0 Å². The highest BCUT2D eigenvalue weighted by molar-refractivity contribution is 7.07. The van der Waals surface area contributed by atoms with Crippen LogP contribution >= 0.6 is 11.3 Å². The lowest BCUT2D eigenvalue weighted by Gasteiger charge is -2.14. The molecule has 0 saturated carbocycles. The minimum Gasteiger partial charge on any atom is -0.316 e. The molecule has 1 saturated heterocycles. The molecule has 0 amide bonds. The van der Waals surface area contributed by atoms with Crippen LogP contribution in [0.25, 0.3) is 10.4 Å². The molecule has 1 aliphatic heterocycles. The fourth-order valence-corrected chi connectivity index (χ4v) is 2.67. The Labute approximate surface area is 86.6 Å². The lowest BCUT2D eigenvalue weighted by molar-refractivity contribution is 0.531. The van der Waals surface area contributed by atoms with E-state index >= 15 is 0 Å². The zero-order chi connectivity index (χ0) is 9.80. The number of nitrogens with one attached hydrogen (secondary N) is 1. The molecule has 0 aliphatic carbocycles. The van der Waals surface area contributed by atoms with Crippen molar-refractivity contribution in [3.63, 3.8) is 0 Å². The third-order valence-electron chi connectivity index (χ3n) is 2.69. The average molecular weight is 208 g/mol. The summed E-state index contributed by atoms with van der Waals surface area (Å²) in [5, 5.41) is 11.3. The van der Waals surface area contributed by atoms with Crippen LogP contribution in [0.5, 0.6) is 0 Å². The van der Waals surface area contributed by atoms with Crippen molar-refractivity contribution in [1.29, 1.82) is 0 Å². The van der Waals surface area contributed by atoms with Gasteiger partial charge in [-0.25, -0.2) is 0 Å². The van der Waals surface area contributed by atoms with Gasteiger partial charge in [-0.15, -0.1) is 0 Å². The standard InChI is InChI=1S/C9H12N4S/c10-13-12-4-8-3-11-5-9(8)7-1-2-14-6-7/h1-2,6,8-9,11H,3-5H2. The first-order chi connectivity index (χ1) is 6.92. The predicted molar refractivity (Wildman–Crippen MR) is 57.4 cm³/mol. The Balaban J connectivity index is 2.07. The first kappa shape index (κ1) is 9.52. The van der Waals surface area contributed by atoms with E-state index in [-0.39, 0.29) is 0 Å². The van der Waals surface area contributed by atoms with E-state index in [4.69, 9.17) is 5.53 Å². The van der Waals surface area contributed by atoms with Crippen LogP contribution in [0.3, 0.4) is 0 Å². The first-order valence-electron chi connectivity index (χ1n) is 4.65. The van der Waals surface area contributed by atoms with Gasteiger partial charge in [0, 0.05) is 23.9 Å². The molecule has 4 nitrogen and oxygen atoms in total. The zero-order valence-corrected chi connectivity index (χ0v) is 8.57. The topological polar surface area (TPSA) is 60.8 Å². The summed E-state index contributed by atoms with van der Waals surface area (Å²) in [6.07, 6.45) is 0. The van der Waals surface area contributed by atoms with Crippen molar-refractivity contribution in [2.24, 2.45) is 11.0 Å². The van der Waals surface area contributed by atoms with Crippen LogP contribution in [0.15, 0.2) is 21.9 Å². The monoisotopic (exact) mass is 208 g/mol. The molecule has 14 heavy (non-hydrogen) atoms. The maximum Gasteiger partial charge on any atom is 0.0304 e. The second kappa shape index (κ2) is 4.46. The van der Waals surface area contributed by atoms with Gasteiger partial charge < -0.3 is 5.32 Å². The average Bonchev–Trinajstić information content (AvgIpc) is 2.84. The van der Waals surface area contributed by atoms with Crippen molar-refractivity contribution < 1.29 is 0 Å². The molecule has 5 heteroatoms. The summed E-state index contributed by atoms with van der Waals surface area (Å²) in [6.45, 7) is 2.56. The minimum atomic E-state index is 0.459. The fourth-order valence-electron chi connectivity index (χ4n) is 1.94. The fraction of sp³-hybridized carbons (Fsp3) is 0.556. The molecule has 1 aromatic heterocycles. The second-order valence-corrected chi connectivity index (χ2v) is 4.27. The van der Waals surface area contributed by atoms with Crippen molar-refractivity contribution in [1.82, 2.24) is 5.32 Å². The smallest absolute Gasteiger partial charge is 0.0304 e. The van der Waals surface area contributed by atoms with Gasteiger partial charge in [0.1, 0.15) is 0 Å². The lowest BCUT2D eigenvalue weighted by atomic mass is 9.91. The molecule has 74 valence electrons. The maximum atomic E-state index is 8.28. The molecule has 2 rings (SSSR count). The van der Waals surface area contributed by atoms with Crippen molar-refractivity contribution >= 4 is 11.3 Å². The summed E-state index contributed by atoms with van der Waals surface area (Å²) >= 11 is 1.72. The summed E-state index contributed by atoms with van der Waals surface area (Å²) < 4.78 is 0. The Morgan fingerprint density at radius 3 is 3.29 bits per heavy atom. The number of nitrogens with zero attached hydrogens (tertiary/aromatic N) is 3. The predicted octanol–water partition coefficient (Wildman–Crippen LogP) is 2.36. The lowest BCUT2D eigenvalue weighted by Crippen LogP contribution is -2.13. The van der Waals surface area contributed by atoms with Crippen LogP contribution in [0.1, 0.15) is 11.5 Å². The van der Waals surface area contributed by atoms with E-state index in [1.807, 2.05) is 0 Å². The molecule has 1 N–H and O–H groups in total. The summed E-state index contributed by atoms with van der Waals surface area (Å²) in [6, 6.07) is 2.16. The Bertz CT molecular complexity index is 329. The van der Waals surface area contributed by atoms with Gasteiger partial charge in [-0.1, -0.05) is 5.11 Å². The number of thiophene rings is 1. The number of azide groups is 1. The molecule has 2 unspecified atom stereocenters. The third kappa shape index (κ3) is 1.90. The van der Waals surface area contributed by atoms with Gasteiger partial charge in [0.25, 0.3) is 0 Å². The number of hydrogen-bond acceptors (Lipinski definition) is 3. The van der Waals surface area contributed by atoms with Crippen LogP contribution in [-0.2, 0) is 0 Å². The molecular formula is C9H12N4S. The first-order valence-corrected chi connectivity index (χ1v) is 5.59. The molecule has 1 aromatic rings. The highest BCUT2D eigenvalue weighted by Gasteiger charge is 2.27. The van der Waals surface area contributed by atoms with Gasteiger partial charge in [0.2, 0.25) is 0 Å². The summed E-state index contributed by atoms with van der Waals surface area (Å²) in [5.74, 6) is 0.979. The second-order valence-electron chi connectivity index (χ2n) is 3.49. The van der Waals surface area contributed by atoms with E-state index in [1.54, 1.807) is 11.3 Å². The maximum absolute atomic E-state index is 8.28. The van der Waals surface area contributed by atoms with E-state index in [1.165, 1.54) is 5.56 Å². The van der Waals surface area contributed by atoms with Gasteiger partial charge in [-0.05, 0) is 40.4 Å². The Hall–Kier alpha value is -1.03. The molecule has 2 atom stereocenters. The van der Waals surface area contributed by atoms with Crippen molar-refractivity contribution in [3.8, 4) is 0 Å². The van der Waals surface area contributed by atoms with Crippen molar-refractivity contribution in [2.45, 2.75) is 5.92 Å². The molecule has 1 fully saturated rings. The van der Waals surface area contributed by atoms with E-state index in [2.05, 4.69) is 32.2 Å². The summed E-state index contributed by atoms with van der Waals surface area (Å²) in [4.78, 5) is 2.81. The van der Waals surface area contributed by atoms with Crippen molar-refractivity contribution in [3.05, 3.63) is 32.8 Å². The zero-order valence-electron chi connectivity index (χ0n) is 7.76. The normalized spacial score (nSPS) is 26.0. The summed E-state index contributed by atoms with van der Waals surface area (Å²) in [5.41, 5.74) is 9.66. The third-order valence-corrected chi connectivity index (χ3v) is 3.39. The quantitative estimate of drug-likeness (QED) is 0.462. The van der Waals surface area contributed by atoms with Crippen LogP contribution < -0.4 is 5.32 Å². The molecule has 0 radical (unpaired) electrons. The molecular weight excluding hydrogens is 196 g/mol. The van der Waals surface area contributed by atoms with Gasteiger partial charge >= 0.3 is 0 Å². The van der Waals surface area contributed by atoms with E-state index in [9.17, 15) is 0 Å². The Kier molecular flexibility index (Phi) is 3.03. The van der Waals surface area contributed by atoms with E-state index in [0.717, 1.165) is 13.1 Å². The van der Waals surface area contributed by atoms with E-state index in [0.29, 0.717) is 18.4 Å². The largest absolute Gasteiger partial charge is 0.316 e. The van der Waals surface area contributed by atoms with Gasteiger partial charge in [-0.3, -0.25) is 0 Å². The SMILES string of the molecule is [N-]=[N+]=NCC1CNCC1c1ccsc1. The van der Waals surface area contributed by atoms with E-state index < -0.39 is 0 Å². The molecule has 0 aromatic carbocycles. The minimum absolute atomic E-state index is 0.459. The van der Waals surface area contributed by atoms with Gasteiger partial charge in [0.05, 0.1) is 0 Å². The van der Waals surface area contributed by atoms with Gasteiger partial charge in [-0.2, -0.15) is 11.3 Å². The van der Waals surface area contributed by atoms with Crippen LogP contribution in [-0.4, -0.2) is 19.6 Å². The Morgan fingerprint density at radius 1 is 1.64 bits per heavy atom. The van der Waals surface area contributed by atoms with Crippen molar-refractivity contribution in [2.75, 3.05) is 19.6 Å². The highest BCUT2D eigenvalue weighted by Crippen LogP contribution is 2.29. The Morgan fingerprint density at radius 2 is 2.57 bits per heavy atom. The molecule has 0 spiro atoms.